The minimum atomic E-state index is -0.224. The molecule has 0 aliphatic carbocycles. The maximum absolute atomic E-state index is 12.4. The standard InChI is InChI=1S/C23H30N4O2/c1-17-9-10-21(13-18(17)2)27-16-20(14-22(27)28)25-23(29)24-11-12-26(3)15-19-7-5-4-6-8-19/h4-10,13,20H,11-12,14-16H2,1-3H3,(H2,24,25,29)/t20-/m0/s1. The van der Waals surface area contributed by atoms with Crippen LogP contribution in [0.5, 0.6) is 0 Å². The van der Waals surface area contributed by atoms with Gasteiger partial charge in [-0.05, 0) is 49.7 Å². The number of amides is 3. The molecule has 3 amide bonds. The smallest absolute Gasteiger partial charge is 0.315 e. The van der Waals surface area contributed by atoms with Gasteiger partial charge in [-0.2, -0.15) is 0 Å². The van der Waals surface area contributed by atoms with Gasteiger partial charge in [-0.15, -0.1) is 0 Å². The molecule has 6 heteroatoms. The van der Waals surface area contributed by atoms with Gasteiger partial charge in [0.15, 0.2) is 0 Å². The molecule has 0 spiro atoms. The van der Waals surface area contributed by atoms with Crippen molar-refractivity contribution in [3.05, 3.63) is 65.2 Å². The van der Waals surface area contributed by atoms with Crippen molar-refractivity contribution in [1.29, 1.82) is 0 Å². The van der Waals surface area contributed by atoms with Crippen molar-refractivity contribution in [3.8, 4) is 0 Å². The van der Waals surface area contributed by atoms with E-state index >= 15 is 0 Å². The number of rotatable bonds is 7. The minimum absolute atomic E-state index is 0.0427. The third-order valence-corrected chi connectivity index (χ3v) is 5.34. The van der Waals surface area contributed by atoms with Crippen molar-refractivity contribution in [2.45, 2.75) is 32.9 Å². The van der Waals surface area contributed by atoms with Crippen molar-refractivity contribution in [3.63, 3.8) is 0 Å². The summed E-state index contributed by atoms with van der Waals surface area (Å²) in [4.78, 5) is 28.5. The quantitative estimate of drug-likeness (QED) is 0.759. The summed E-state index contributed by atoms with van der Waals surface area (Å²) in [7, 11) is 2.03. The molecule has 0 aromatic heterocycles. The lowest BCUT2D eigenvalue weighted by Crippen LogP contribution is -2.45. The van der Waals surface area contributed by atoms with E-state index in [0.29, 0.717) is 19.5 Å². The molecular formula is C23H30N4O2. The Morgan fingerprint density at radius 1 is 1.14 bits per heavy atom. The van der Waals surface area contributed by atoms with Crippen molar-refractivity contribution >= 4 is 17.6 Å². The average Bonchev–Trinajstić information content (AvgIpc) is 3.04. The van der Waals surface area contributed by atoms with E-state index < -0.39 is 0 Å². The van der Waals surface area contributed by atoms with Crippen LogP contribution >= 0.6 is 0 Å². The average molecular weight is 395 g/mol. The molecule has 3 rings (SSSR count). The van der Waals surface area contributed by atoms with E-state index in [1.54, 1.807) is 4.90 Å². The summed E-state index contributed by atoms with van der Waals surface area (Å²) >= 11 is 0. The minimum Gasteiger partial charge on any atom is -0.337 e. The Labute approximate surface area is 172 Å². The zero-order valence-electron chi connectivity index (χ0n) is 17.4. The van der Waals surface area contributed by atoms with Gasteiger partial charge < -0.3 is 20.4 Å². The number of hydrogen-bond acceptors (Lipinski definition) is 3. The molecule has 2 aromatic carbocycles. The molecule has 29 heavy (non-hydrogen) atoms. The maximum atomic E-state index is 12.4. The van der Waals surface area contributed by atoms with Gasteiger partial charge in [0.1, 0.15) is 0 Å². The first-order valence-electron chi connectivity index (χ1n) is 10.1. The Morgan fingerprint density at radius 2 is 1.90 bits per heavy atom. The van der Waals surface area contributed by atoms with Gasteiger partial charge in [0.2, 0.25) is 5.91 Å². The topological polar surface area (TPSA) is 64.7 Å². The number of hydrogen-bond donors (Lipinski definition) is 2. The van der Waals surface area contributed by atoms with Crippen LogP contribution in [0.25, 0.3) is 0 Å². The van der Waals surface area contributed by atoms with E-state index in [9.17, 15) is 9.59 Å². The zero-order valence-corrected chi connectivity index (χ0v) is 17.4. The first-order valence-corrected chi connectivity index (χ1v) is 10.1. The number of nitrogens with zero attached hydrogens (tertiary/aromatic N) is 2. The van der Waals surface area contributed by atoms with Crippen molar-refractivity contribution in [2.75, 3.05) is 31.6 Å². The molecule has 0 bridgehead atoms. The maximum Gasteiger partial charge on any atom is 0.315 e. The fourth-order valence-corrected chi connectivity index (χ4v) is 3.52. The van der Waals surface area contributed by atoms with Crippen LogP contribution in [0.15, 0.2) is 48.5 Å². The highest BCUT2D eigenvalue weighted by Gasteiger charge is 2.31. The summed E-state index contributed by atoms with van der Waals surface area (Å²) in [5.41, 5.74) is 4.50. The Morgan fingerprint density at radius 3 is 2.62 bits per heavy atom. The van der Waals surface area contributed by atoms with Gasteiger partial charge in [-0.1, -0.05) is 36.4 Å². The number of likely N-dealkylation sites (N-methyl/N-ethyl adjacent to an activating group) is 1. The van der Waals surface area contributed by atoms with Crippen LogP contribution in [0, 0.1) is 13.8 Å². The Balaban J connectivity index is 1.41. The van der Waals surface area contributed by atoms with Gasteiger partial charge in [-0.25, -0.2) is 4.79 Å². The molecule has 1 saturated heterocycles. The number of carbonyl (C=O) groups excluding carboxylic acids is 2. The van der Waals surface area contributed by atoms with Crippen molar-refractivity contribution in [1.82, 2.24) is 15.5 Å². The highest BCUT2D eigenvalue weighted by molar-refractivity contribution is 5.96. The number of anilines is 1. The van der Waals surface area contributed by atoms with Crippen LogP contribution in [-0.4, -0.2) is 49.6 Å². The molecule has 1 atom stereocenters. The van der Waals surface area contributed by atoms with Crippen molar-refractivity contribution in [2.24, 2.45) is 0 Å². The van der Waals surface area contributed by atoms with Crippen LogP contribution in [0.1, 0.15) is 23.1 Å². The number of carbonyl (C=O) groups is 2. The monoisotopic (exact) mass is 394 g/mol. The van der Waals surface area contributed by atoms with Crippen LogP contribution in [-0.2, 0) is 11.3 Å². The Bertz CT molecular complexity index is 853. The van der Waals surface area contributed by atoms with E-state index in [2.05, 4.69) is 34.6 Å². The predicted octanol–water partition coefficient (Wildman–Crippen LogP) is 2.84. The van der Waals surface area contributed by atoms with Crippen LogP contribution in [0.4, 0.5) is 10.5 Å². The Hall–Kier alpha value is -2.86. The fraction of sp³-hybridized carbons (Fsp3) is 0.391. The van der Waals surface area contributed by atoms with Crippen LogP contribution in [0.2, 0.25) is 0 Å². The molecule has 6 nitrogen and oxygen atoms in total. The van der Waals surface area contributed by atoms with Crippen LogP contribution < -0.4 is 15.5 Å². The second-order valence-corrected chi connectivity index (χ2v) is 7.80. The van der Waals surface area contributed by atoms with E-state index in [4.69, 9.17) is 0 Å². The molecule has 0 unspecified atom stereocenters. The molecule has 2 N–H and O–H groups in total. The molecule has 1 fully saturated rings. The lowest BCUT2D eigenvalue weighted by atomic mass is 10.1. The molecule has 1 aliphatic rings. The highest BCUT2D eigenvalue weighted by Crippen LogP contribution is 2.24. The molecule has 0 saturated carbocycles. The van der Waals surface area contributed by atoms with E-state index in [-0.39, 0.29) is 18.0 Å². The SMILES string of the molecule is Cc1ccc(N2C[C@@H](NC(=O)NCCN(C)Cc3ccccc3)CC2=O)cc1C. The molecule has 2 aromatic rings. The van der Waals surface area contributed by atoms with E-state index in [1.807, 2.05) is 50.4 Å². The number of aryl methyl sites for hydroxylation is 2. The lowest BCUT2D eigenvalue weighted by Gasteiger charge is -2.19. The second-order valence-electron chi connectivity index (χ2n) is 7.80. The predicted molar refractivity (Wildman–Crippen MR) is 116 cm³/mol. The highest BCUT2D eigenvalue weighted by atomic mass is 16.2. The second kappa shape index (κ2) is 9.56. The molecular weight excluding hydrogens is 364 g/mol. The molecule has 1 aliphatic heterocycles. The molecule has 154 valence electrons. The third-order valence-electron chi connectivity index (χ3n) is 5.34. The first kappa shape index (κ1) is 20.9. The largest absolute Gasteiger partial charge is 0.337 e. The number of urea groups is 1. The summed E-state index contributed by atoms with van der Waals surface area (Å²) < 4.78 is 0. The third kappa shape index (κ3) is 5.81. The number of nitrogens with one attached hydrogen (secondary N) is 2. The summed E-state index contributed by atoms with van der Waals surface area (Å²) in [6.07, 6.45) is 0.328. The molecule has 0 radical (unpaired) electrons. The summed E-state index contributed by atoms with van der Waals surface area (Å²) in [5, 5.41) is 5.82. The summed E-state index contributed by atoms with van der Waals surface area (Å²) in [6.45, 7) is 6.74. The summed E-state index contributed by atoms with van der Waals surface area (Å²) in [6, 6.07) is 15.9. The first-order chi connectivity index (χ1) is 13.9. The van der Waals surface area contributed by atoms with Gasteiger partial charge in [0, 0.05) is 38.3 Å². The number of benzene rings is 2. The van der Waals surface area contributed by atoms with Gasteiger partial charge in [0.25, 0.3) is 0 Å². The molecule has 1 heterocycles. The zero-order chi connectivity index (χ0) is 20.8. The normalized spacial score (nSPS) is 16.3. The Kier molecular flexibility index (Phi) is 6.88. The van der Waals surface area contributed by atoms with Gasteiger partial charge in [-0.3, -0.25) is 4.79 Å². The van der Waals surface area contributed by atoms with Gasteiger partial charge >= 0.3 is 6.03 Å². The lowest BCUT2D eigenvalue weighted by molar-refractivity contribution is -0.117. The van der Waals surface area contributed by atoms with Crippen LogP contribution in [0.3, 0.4) is 0 Å². The summed E-state index contributed by atoms with van der Waals surface area (Å²) in [5.74, 6) is 0.0427. The fourth-order valence-electron chi connectivity index (χ4n) is 3.52. The van der Waals surface area contributed by atoms with Crippen molar-refractivity contribution < 1.29 is 9.59 Å². The van der Waals surface area contributed by atoms with E-state index in [1.165, 1.54) is 11.1 Å². The van der Waals surface area contributed by atoms with Gasteiger partial charge in [0.05, 0.1) is 6.04 Å². The van der Waals surface area contributed by atoms with E-state index in [0.717, 1.165) is 24.3 Å².